The van der Waals surface area contributed by atoms with Crippen molar-refractivity contribution in [3.8, 4) is 0 Å². The van der Waals surface area contributed by atoms with Crippen LogP contribution in [-0.2, 0) is 14.3 Å². The summed E-state index contributed by atoms with van der Waals surface area (Å²) in [4.78, 5) is 34.4. The van der Waals surface area contributed by atoms with Gasteiger partial charge < -0.3 is 25.8 Å². The van der Waals surface area contributed by atoms with Gasteiger partial charge in [0, 0.05) is 17.9 Å². The van der Waals surface area contributed by atoms with Gasteiger partial charge >= 0.3 is 12.0 Å². The molecule has 0 bridgehead atoms. The van der Waals surface area contributed by atoms with E-state index in [1.54, 1.807) is 24.3 Å². The van der Waals surface area contributed by atoms with Crippen LogP contribution in [0.3, 0.4) is 0 Å². The normalized spacial score (nSPS) is 19.9. The van der Waals surface area contributed by atoms with E-state index in [2.05, 4.69) is 16.0 Å². The van der Waals surface area contributed by atoms with E-state index in [4.69, 9.17) is 9.84 Å². The second kappa shape index (κ2) is 7.59. The van der Waals surface area contributed by atoms with E-state index in [1.807, 2.05) is 6.92 Å². The molecule has 1 saturated heterocycles. The molecule has 124 valence electrons. The smallest absolute Gasteiger partial charge is 0.332 e. The number of anilines is 2. The van der Waals surface area contributed by atoms with Crippen molar-refractivity contribution in [2.24, 2.45) is 0 Å². The Morgan fingerprint density at radius 1 is 1.17 bits per heavy atom. The molecule has 0 saturated carbocycles. The molecule has 1 aliphatic heterocycles. The van der Waals surface area contributed by atoms with Crippen molar-refractivity contribution >= 4 is 29.3 Å². The highest BCUT2D eigenvalue weighted by atomic mass is 16.5. The summed E-state index contributed by atoms with van der Waals surface area (Å²) >= 11 is 0. The van der Waals surface area contributed by atoms with Crippen molar-refractivity contribution in [1.82, 2.24) is 5.32 Å². The molecular formula is C15H19N3O5. The number of carbonyl (C=O) groups is 3. The largest absolute Gasteiger partial charge is 0.479 e. The predicted octanol–water partition coefficient (Wildman–Crippen LogP) is 1.40. The Bertz CT molecular complexity index is 605. The number of aliphatic carboxylic acids is 1. The second-order valence-corrected chi connectivity index (χ2v) is 5.08. The van der Waals surface area contributed by atoms with Crippen molar-refractivity contribution in [3.63, 3.8) is 0 Å². The number of carboxylic acids is 1. The summed E-state index contributed by atoms with van der Waals surface area (Å²) in [6, 6.07) is 6.32. The maximum absolute atomic E-state index is 12.1. The molecule has 0 unspecified atom stereocenters. The van der Waals surface area contributed by atoms with E-state index < -0.39 is 24.1 Å². The van der Waals surface area contributed by atoms with Crippen molar-refractivity contribution in [3.05, 3.63) is 24.3 Å². The third-order valence-corrected chi connectivity index (χ3v) is 3.31. The minimum atomic E-state index is -1.06. The lowest BCUT2D eigenvalue weighted by Crippen LogP contribution is -2.30. The number of nitrogens with one attached hydrogen (secondary N) is 3. The lowest BCUT2D eigenvalue weighted by molar-refractivity contribution is -0.150. The first-order chi connectivity index (χ1) is 11.0. The Morgan fingerprint density at radius 2 is 1.83 bits per heavy atom. The molecule has 1 fully saturated rings. The van der Waals surface area contributed by atoms with Gasteiger partial charge in [0.25, 0.3) is 5.91 Å². The summed E-state index contributed by atoms with van der Waals surface area (Å²) in [5.41, 5.74) is 1.02. The van der Waals surface area contributed by atoms with Gasteiger partial charge in [-0.2, -0.15) is 0 Å². The summed E-state index contributed by atoms with van der Waals surface area (Å²) in [6.07, 6.45) is -1.04. The Labute approximate surface area is 133 Å². The van der Waals surface area contributed by atoms with Gasteiger partial charge in [-0.3, -0.25) is 4.79 Å². The number of ether oxygens (including phenoxy) is 1. The maximum Gasteiger partial charge on any atom is 0.332 e. The van der Waals surface area contributed by atoms with Gasteiger partial charge in [-0.25, -0.2) is 9.59 Å². The highest BCUT2D eigenvalue weighted by Gasteiger charge is 2.34. The molecule has 23 heavy (non-hydrogen) atoms. The molecule has 3 amide bonds. The van der Waals surface area contributed by atoms with Crippen LogP contribution < -0.4 is 16.0 Å². The van der Waals surface area contributed by atoms with Crippen LogP contribution in [0.25, 0.3) is 0 Å². The van der Waals surface area contributed by atoms with Gasteiger partial charge in [0.05, 0.1) is 0 Å². The molecule has 8 nitrogen and oxygen atoms in total. The van der Waals surface area contributed by atoms with Crippen LogP contribution in [0, 0.1) is 0 Å². The standard InChI is InChI=1S/C15H19N3O5/c1-2-16-15(22)18-10-5-3-4-9(8-10)17-13(19)11-6-7-12(23-11)14(20)21/h3-5,8,11-12H,2,6-7H2,1H3,(H,17,19)(H,20,21)(H2,16,18,22)/t11-,12+/m0/s1. The number of rotatable bonds is 5. The fraction of sp³-hybridized carbons (Fsp3) is 0.400. The van der Waals surface area contributed by atoms with Crippen molar-refractivity contribution in [1.29, 1.82) is 0 Å². The van der Waals surface area contributed by atoms with Gasteiger partial charge in [-0.05, 0) is 38.0 Å². The molecule has 0 radical (unpaired) electrons. The summed E-state index contributed by atoms with van der Waals surface area (Å²) in [6.45, 7) is 2.31. The van der Waals surface area contributed by atoms with Gasteiger partial charge in [-0.15, -0.1) is 0 Å². The number of hydrogen-bond acceptors (Lipinski definition) is 4. The zero-order chi connectivity index (χ0) is 16.8. The van der Waals surface area contributed by atoms with Crippen molar-refractivity contribution in [2.75, 3.05) is 17.2 Å². The lowest BCUT2D eigenvalue weighted by atomic mass is 10.2. The highest BCUT2D eigenvalue weighted by Crippen LogP contribution is 2.22. The number of hydrogen-bond donors (Lipinski definition) is 4. The molecule has 2 rings (SSSR count). The topological polar surface area (TPSA) is 117 Å². The van der Waals surface area contributed by atoms with Gasteiger partial charge in [0.2, 0.25) is 0 Å². The summed E-state index contributed by atoms with van der Waals surface area (Å²) in [5, 5.41) is 16.8. The van der Waals surface area contributed by atoms with Crippen LogP contribution in [0.15, 0.2) is 24.3 Å². The quantitative estimate of drug-likeness (QED) is 0.654. The van der Waals surface area contributed by atoms with Crippen LogP contribution in [0.2, 0.25) is 0 Å². The fourth-order valence-corrected chi connectivity index (χ4v) is 2.24. The van der Waals surface area contributed by atoms with Crippen molar-refractivity contribution in [2.45, 2.75) is 32.0 Å². The molecule has 2 atom stereocenters. The Morgan fingerprint density at radius 3 is 2.43 bits per heavy atom. The first-order valence-corrected chi connectivity index (χ1v) is 7.33. The zero-order valence-corrected chi connectivity index (χ0v) is 12.7. The number of urea groups is 1. The van der Waals surface area contributed by atoms with Gasteiger partial charge in [-0.1, -0.05) is 6.07 Å². The summed E-state index contributed by atoms with van der Waals surface area (Å²) in [5.74, 6) is -1.46. The van der Waals surface area contributed by atoms with Crippen LogP contribution in [-0.4, -0.2) is 41.8 Å². The van der Waals surface area contributed by atoms with E-state index >= 15 is 0 Å². The van der Waals surface area contributed by atoms with Gasteiger partial charge in [0.1, 0.15) is 6.10 Å². The SMILES string of the molecule is CCNC(=O)Nc1cccc(NC(=O)[C@@H]2CC[C@H](C(=O)O)O2)c1. The van der Waals surface area contributed by atoms with E-state index in [0.29, 0.717) is 30.8 Å². The predicted molar refractivity (Wildman–Crippen MR) is 83.3 cm³/mol. The third-order valence-electron chi connectivity index (χ3n) is 3.31. The minimum absolute atomic E-state index is 0.312. The number of carboxylic acid groups (broad SMARTS) is 1. The van der Waals surface area contributed by atoms with Crippen LogP contribution in [0.1, 0.15) is 19.8 Å². The Hall–Kier alpha value is -2.61. The molecule has 0 aromatic heterocycles. The van der Waals surface area contributed by atoms with E-state index in [1.165, 1.54) is 0 Å². The molecule has 0 aliphatic carbocycles. The first kappa shape index (κ1) is 16.8. The molecular weight excluding hydrogens is 302 g/mol. The van der Waals surface area contributed by atoms with Crippen LogP contribution in [0.5, 0.6) is 0 Å². The summed E-state index contributed by atoms with van der Waals surface area (Å²) in [7, 11) is 0. The molecule has 0 spiro atoms. The summed E-state index contributed by atoms with van der Waals surface area (Å²) < 4.78 is 5.19. The molecule has 1 aromatic carbocycles. The number of carbonyl (C=O) groups excluding carboxylic acids is 2. The lowest BCUT2D eigenvalue weighted by Gasteiger charge is -2.13. The fourth-order valence-electron chi connectivity index (χ4n) is 2.24. The van der Waals surface area contributed by atoms with E-state index in [0.717, 1.165) is 0 Å². The maximum atomic E-state index is 12.1. The van der Waals surface area contributed by atoms with E-state index in [-0.39, 0.29) is 6.03 Å². The Kier molecular flexibility index (Phi) is 5.53. The Balaban J connectivity index is 1.94. The minimum Gasteiger partial charge on any atom is -0.479 e. The molecule has 1 aliphatic rings. The average Bonchev–Trinajstić information content (AvgIpc) is 2.98. The zero-order valence-electron chi connectivity index (χ0n) is 12.7. The van der Waals surface area contributed by atoms with Crippen LogP contribution in [0.4, 0.5) is 16.2 Å². The average molecular weight is 321 g/mol. The molecule has 4 N–H and O–H groups in total. The van der Waals surface area contributed by atoms with Crippen LogP contribution >= 0.6 is 0 Å². The monoisotopic (exact) mass is 321 g/mol. The molecule has 1 heterocycles. The number of amides is 3. The highest BCUT2D eigenvalue weighted by molar-refractivity contribution is 5.96. The third kappa shape index (κ3) is 4.68. The van der Waals surface area contributed by atoms with E-state index in [9.17, 15) is 14.4 Å². The molecule has 8 heteroatoms. The number of benzene rings is 1. The first-order valence-electron chi connectivity index (χ1n) is 7.33. The molecule has 1 aromatic rings. The second-order valence-electron chi connectivity index (χ2n) is 5.08. The van der Waals surface area contributed by atoms with Crippen molar-refractivity contribution < 1.29 is 24.2 Å². The van der Waals surface area contributed by atoms with Gasteiger partial charge in [0.15, 0.2) is 6.10 Å².